The monoisotopic (exact) mass is 384 g/mol. The molecule has 1 amide bonds. The number of carbonyl (C=O) groups excluding carboxylic acids is 3. The molecular formula is C20H17ClN2O4. The van der Waals surface area contributed by atoms with Crippen molar-refractivity contribution in [3.63, 3.8) is 0 Å². The van der Waals surface area contributed by atoms with Gasteiger partial charge in [0.1, 0.15) is 5.69 Å². The van der Waals surface area contributed by atoms with Crippen LogP contribution in [0.5, 0.6) is 0 Å². The highest BCUT2D eigenvalue weighted by Crippen LogP contribution is 2.36. The van der Waals surface area contributed by atoms with Crippen molar-refractivity contribution in [3.8, 4) is 0 Å². The number of H-pyrrole nitrogens is 1. The smallest absolute Gasteiger partial charge is 0.340 e. The highest BCUT2D eigenvalue weighted by Gasteiger charge is 2.26. The van der Waals surface area contributed by atoms with Crippen molar-refractivity contribution < 1.29 is 19.1 Å². The Balaban J connectivity index is 2.29. The van der Waals surface area contributed by atoms with Gasteiger partial charge >= 0.3 is 5.97 Å². The van der Waals surface area contributed by atoms with Crippen molar-refractivity contribution in [2.45, 2.75) is 13.8 Å². The van der Waals surface area contributed by atoms with E-state index in [1.54, 1.807) is 49.4 Å². The molecule has 0 aliphatic rings. The Bertz CT molecular complexity index is 1040. The van der Waals surface area contributed by atoms with E-state index in [1.165, 1.54) is 6.92 Å². The first-order chi connectivity index (χ1) is 12.9. The number of fused-ring (bicyclic) bond motifs is 1. The number of ketones is 1. The first-order valence-corrected chi connectivity index (χ1v) is 8.70. The highest BCUT2D eigenvalue weighted by atomic mass is 35.5. The van der Waals surface area contributed by atoms with Crippen LogP contribution in [0.1, 0.15) is 40.3 Å². The van der Waals surface area contributed by atoms with Crippen LogP contribution in [0.25, 0.3) is 10.9 Å². The van der Waals surface area contributed by atoms with Gasteiger partial charge < -0.3 is 15.0 Å². The van der Waals surface area contributed by atoms with Gasteiger partial charge in [0.25, 0.3) is 0 Å². The minimum absolute atomic E-state index is 0.100. The standard InChI is InChI=1S/C20H17ClN2O4/c1-3-27-20(26)15-13(21)9-10-14-16(15)17(22-11(2)24)18(23-14)19(25)12-7-5-4-6-8-12/h4-10,23H,3H2,1-2H3,(H,22,24). The van der Waals surface area contributed by atoms with E-state index in [9.17, 15) is 14.4 Å². The van der Waals surface area contributed by atoms with E-state index in [0.717, 1.165) is 0 Å². The molecular weight excluding hydrogens is 368 g/mol. The summed E-state index contributed by atoms with van der Waals surface area (Å²) in [4.78, 5) is 40.2. The second-order valence-electron chi connectivity index (χ2n) is 5.82. The second-order valence-corrected chi connectivity index (χ2v) is 6.22. The van der Waals surface area contributed by atoms with Gasteiger partial charge in [-0.1, -0.05) is 41.9 Å². The number of anilines is 1. The fourth-order valence-corrected chi connectivity index (χ4v) is 3.11. The molecule has 0 atom stereocenters. The Morgan fingerprint density at radius 3 is 2.44 bits per heavy atom. The Morgan fingerprint density at radius 2 is 1.81 bits per heavy atom. The van der Waals surface area contributed by atoms with Gasteiger partial charge in [-0.2, -0.15) is 0 Å². The van der Waals surface area contributed by atoms with Gasteiger partial charge in [-0.05, 0) is 19.1 Å². The zero-order chi connectivity index (χ0) is 19.6. The number of nitrogens with one attached hydrogen (secondary N) is 2. The number of amides is 1. The van der Waals surface area contributed by atoms with Crippen LogP contribution in [0, 0.1) is 0 Å². The second kappa shape index (κ2) is 7.63. The third kappa shape index (κ3) is 3.57. The molecule has 0 fully saturated rings. The third-order valence-corrected chi connectivity index (χ3v) is 4.27. The molecule has 27 heavy (non-hydrogen) atoms. The van der Waals surface area contributed by atoms with E-state index in [2.05, 4.69) is 10.3 Å². The molecule has 138 valence electrons. The van der Waals surface area contributed by atoms with Crippen LogP contribution in [0.4, 0.5) is 5.69 Å². The SMILES string of the molecule is CCOC(=O)c1c(Cl)ccc2[nH]c(C(=O)c3ccccc3)c(NC(C)=O)c12. The van der Waals surface area contributed by atoms with Crippen LogP contribution in [0.3, 0.4) is 0 Å². The molecule has 0 radical (unpaired) electrons. The lowest BCUT2D eigenvalue weighted by molar-refractivity contribution is -0.114. The molecule has 0 unspecified atom stereocenters. The molecule has 1 aromatic heterocycles. The predicted molar refractivity (Wildman–Crippen MR) is 103 cm³/mol. The summed E-state index contributed by atoms with van der Waals surface area (Å²) in [7, 11) is 0. The van der Waals surface area contributed by atoms with Gasteiger partial charge in [-0.25, -0.2) is 4.79 Å². The molecule has 2 N–H and O–H groups in total. The van der Waals surface area contributed by atoms with Crippen molar-refractivity contribution >= 4 is 45.9 Å². The molecule has 0 saturated heterocycles. The maximum absolute atomic E-state index is 13.0. The lowest BCUT2D eigenvalue weighted by atomic mass is 10.0. The van der Waals surface area contributed by atoms with Crippen LogP contribution in [-0.2, 0) is 9.53 Å². The first kappa shape index (κ1) is 18.7. The quantitative estimate of drug-likeness (QED) is 0.510. The Kier molecular flexibility index (Phi) is 5.28. The van der Waals surface area contributed by atoms with Crippen LogP contribution < -0.4 is 5.32 Å². The molecule has 1 heterocycles. The zero-order valence-electron chi connectivity index (χ0n) is 14.8. The van der Waals surface area contributed by atoms with Crippen molar-refractivity contribution in [3.05, 3.63) is 64.3 Å². The van der Waals surface area contributed by atoms with Crippen LogP contribution in [0.15, 0.2) is 42.5 Å². The lowest BCUT2D eigenvalue weighted by Gasteiger charge is -2.09. The van der Waals surface area contributed by atoms with Crippen molar-refractivity contribution in [2.24, 2.45) is 0 Å². The van der Waals surface area contributed by atoms with Crippen LogP contribution >= 0.6 is 11.6 Å². The summed E-state index contributed by atoms with van der Waals surface area (Å²) in [5.41, 5.74) is 1.41. The summed E-state index contributed by atoms with van der Waals surface area (Å²) in [6, 6.07) is 11.8. The Hall–Kier alpha value is -3.12. The third-order valence-electron chi connectivity index (χ3n) is 3.96. The van der Waals surface area contributed by atoms with Gasteiger partial charge in [-0.15, -0.1) is 0 Å². The summed E-state index contributed by atoms with van der Waals surface area (Å²) in [6.07, 6.45) is 0. The molecule has 0 aliphatic heterocycles. The normalized spacial score (nSPS) is 10.6. The Labute approximate surface area is 160 Å². The predicted octanol–water partition coefficient (Wildman–Crippen LogP) is 4.19. The number of hydrogen-bond donors (Lipinski definition) is 2. The summed E-state index contributed by atoms with van der Waals surface area (Å²) >= 11 is 6.24. The molecule has 0 spiro atoms. The average molecular weight is 385 g/mol. The largest absolute Gasteiger partial charge is 0.462 e. The van der Waals surface area contributed by atoms with Gasteiger partial charge in [0.05, 0.1) is 22.9 Å². The summed E-state index contributed by atoms with van der Waals surface area (Å²) in [5, 5.41) is 3.17. The molecule has 6 nitrogen and oxygen atoms in total. The van der Waals surface area contributed by atoms with Gasteiger partial charge in [0.2, 0.25) is 11.7 Å². The van der Waals surface area contributed by atoms with Crippen molar-refractivity contribution in [2.75, 3.05) is 11.9 Å². The first-order valence-electron chi connectivity index (χ1n) is 8.32. The number of hydrogen-bond acceptors (Lipinski definition) is 4. The fourth-order valence-electron chi connectivity index (χ4n) is 2.87. The van der Waals surface area contributed by atoms with E-state index in [0.29, 0.717) is 16.5 Å². The summed E-state index contributed by atoms with van der Waals surface area (Å²) in [6.45, 7) is 3.17. The van der Waals surface area contributed by atoms with Crippen molar-refractivity contribution in [1.82, 2.24) is 4.98 Å². The van der Waals surface area contributed by atoms with Crippen LogP contribution in [-0.4, -0.2) is 29.3 Å². The fraction of sp³-hybridized carbons (Fsp3) is 0.150. The average Bonchev–Trinajstić information content (AvgIpc) is 2.99. The van der Waals surface area contributed by atoms with Crippen molar-refractivity contribution in [1.29, 1.82) is 0 Å². The van der Waals surface area contributed by atoms with Gasteiger partial charge in [0, 0.05) is 23.4 Å². The number of esters is 1. The number of ether oxygens (including phenoxy) is 1. The number of aromatic amines is 1. The zero-order valence-corrected chi connectivity index (χ0v) is 15.5. The Morgan fingerprint density at radius 1 is 1.11 bits per heavy atom. The number of aromatic nitrogens is 1. The van der Waals surface area contributed by atoms with Gasteiger partial charge in [-0.3, -0.25) is 9.59 Å². The molecule has 0 bridgehead atoms. The molecule has 3 aromatic rings. The molecule has 7 heteroatoms. The molecule has 0 saturated carbocycles. The van der Waals surface area contributed by atoms with E-state index in [-0.39, 0.29) is 40.3 Å². The van der Waals surface area contributed by atoms with E-state index < -0.39 is 5.97 Å². The minimum Gasteiger partial charge on any atom is -0.462 e. The number of benzene rings is 2. The number of halogens is 1. The molecule has 2 aromatic carbocycles. The van der Waals surface area contributed by atoms with Crippen LogP contribution in [0.2, 0.25) is 5.02 Å². The molecule has 3 rings (SSSR count). The topological polar surface area (TPSA) is 88.3 Å². The van der Waals surface area contributed by atoms with Gasteiger partial charge in [0.15, 0.2) is 0 Å². The number of carbonyl (C=O) groups is 3. The maximum Gasteiger partial charge on any atom is 0.340 e. The molecule has 0 aliphatic carbocycles. The van der Waals surface area contributed by atoms with E-state index in [1.807, 2.05) is 0 Å². The lowest BCUT2D eigenvalue weighted by Crippen LogP contribution is -2.12. The van der Waals surface area contributed by atoms with E-state index in [4.69, 9.17) is 16.3 Å². The summed E-state index contributed by atoms with van der Waals surface area (Å²) in [5.74, 6) is -1.33. The highest BCUT2D eigenvalue weighted by molar-refractivity contribution is 6.36. The minimum atomic E-state index is -0.627. The van der Waals surface area contributed by atoms with E-state index >= 15 is 0 Å². The maximum atomic E-state index is 13.0. The summed E-state index contributed by atoms with van der Waals surface area (Å²) < 4.78 is 5.10. The number of rotatable bonds is 5.